The summed E-state index contributed by atoms with van der Waals surface area (Å²) >= 11 is 0. The molecule has 0 bridgehead atoms. The van der Waals surface area contributed by atoms with E-state index in [0.717, 1.165) is 54.0 Å². The molecule has 2 N–H and O–H groups in total. The van der Waals surface area contributed by atoms with Gasteiger partial charge in [0, 0.05) is 25.6 Å². The second kappa shape index (κ2) is 10.3. The number of nitrogens with one attached hydrogen (secondary N) is 2. The summed E-state index contributed by atoms with van der Waals surface area (Å²) in [6.45, 7) is 7.06. The Hall–Kier alpha value is -3.09. The van der Waals surface area contributed by atoms with Crippen molar-refractivity contribution in [3.63, 3.8) is 0 Å². The lowest BCUT2D eigenvalue weighted by molar-refractivity contribution is 0.171. The summed E-state index contributed by atoms with van der Waals surface area (Å²) in [6.07, 6.45) is 0.840. The highest BCUT2D eigenvalue weighted by Crippen LogP contribution is 2.35. The molecule has 0 aliphatic carbocycles. The van der Waals surface area contributed by atoms with Gasteiger partial charge in [0.25, 0.3) is 0 Å². The molecule has 31 heavy (non-hydrogen) atoms. The average Bonchev–Trinajstić information content (AvgIpc) is 2.80. The van der Waals surface area contributed by atoms with Gasteiger partial charge in [-0.2, -0.15) is 0 Å². The van der Waals surface area contributed by atoms with E-state index < -0.39 is 0 Å². The van der Waals surface area contributed by atoms with E-state index in [1.54, 1.807) is 21.3 Å². The Bertz CT molecular complexity index is 912. The summed E-state index contributed by atoms with van der Waals surface area (Å²) < 4.78 is 22.0. The van der Waals surface area contributed by atoms with Crippen molar-refractivity contribution >= 4 is 5.96 Å². The average molecular weight is 428 g/mol. The lowest BCUT2D eigenvalue weighted by Gasteiger charge is -2.28. The minimum absolute atomic E-state index is 0.114. The maximum absolute atomic E-state index is 5.73. The fourth-order valence-electron chi connectivity index (χ4n) is 3.45. The number of hydrogen-bond donors (Lipinski definition) is 2. The van der Waals surface area contributed by atoms with E-state index in [9.17, 15) is 0 Å². The van der Waals surface area contributed by atoms with Crippen molar-refractivity contribution in [1.29, 1.82) is 0 Å². The number of aliphatic imine (C=N–C) groups is 1. The first kappa shape index (κ1) is 22.6. The fraction of sp³-hybridized carbons (Fsp3) is 0.458. The van der Waals surface area contributed by atoms with Crippen LogP contribution in [0.15, 0.2) is 41.4 Å². The van der Waals surface area contributed by atoms with Crippen LogP contribution in [0, 0.1) is 0 Å². The Morgan fingerprint density at radius 2 is 1.71 bits per heavy atom. The SMILES string of the molecule is CN=C(NCCc1ccc(OC)c(OC)c1)NCC(C)(C)c1ccc2c(c1)OCCO2. The standard InChI is InChI=1S/C24H33N3O4/c1-24(2,18-7-9-20-22(15-18)31-13-12-30-20)16-27-23(25-3)26-11-10-17-6-8-19(28-4)21(14-17)29-5/h6-9,14-15H,10-13,16H2,1-5H3,(H2,25,26,27). The van der Waals surface area contributed by atoms with E-state index in [-0.39, 0.29) is 5.41 Å². The molecule has 168 valence electrons. The number of fused-ring (bicyclic) bond motifs is 1. The first-order valence-electron chi connectivity index (χ1n) is 10.5. The summed E-state index contributed by atoms with van der Waals surface area (Å²) in [5, 5.41) is 6.82. The van der Waals surface area contributed by atoms with Gasteiger partial charge in [0.2, 0.25) is 0 Å². The van der Waals surface area contributed by atoms with Gasteiger partial charge in [0.1, 0.15) is 13.2 Å². The van der Waals surface area contributed by atoms with Crippen LogP contribution in [0.4, 0.5) is 0 Å². The molecule has 3 rings (SSSR count). The minimum atomic E-state index is -0.114. The smallest absolute Gasteiger partial charge is 0.191 e. The molecule has 0 atom stereocenters. The molecular weight excluding hydrogens is 394 g/mol. The summed E-state index contributed by atoms with van der Waals surface area (Å²) in [6, 6.07) is 12.1. The van der Waals surface area contributed by atoms with E-state index in [1.807, 2.05) is 24.3 Å². The number of methoxy groups -OCH3 is 2. The molecule has 0 saturated heterocycles. The number of hydrogen-bond acceptors (Lipinski definition) is 5. The summed E-state index contributed by atoms with van der Waals surface area (Å²) in [5.41, 5.74) is 2.24. The predicted octanol–water partition coefficient (Wildman–Crippen LogP) is 3.16. The van der Waals surface area contributed by atoms with Gasteiger partial charge in [-0.3, -0.25) is 4.99 Å². The van der Waals surface area contributed by atoms with Gasteiger partial charge < -0.3 is 29.6 Å². The Kier molecular flexibility index (Phi) is 7.50. The number of guanidine groups is 1. The second-order valence-electron chi connectivity index (χ2n) is 8.03. The molecule has 0 amide bonds. The molecule has 0 unspecified atom stereocenters. The highest BCUT2D eigenvalue weighted by molar-refractivity contribution is 5.79. The van der Waals surface area contributed by atoms with E-state index in [0.29, 0.717) is 13.2 Å². The van der Waals surface area contributed by atoms with Crippen LogP contribution in [-0.4, -0.2) is 53.5 Å². The summed E-state index contributed by atoms with van der Waals surface area (Å²) in [7, 11) is 5.07. The first-order chi connectivity index (χ1) is 15.0. The van der Waals surface area contributed by atoms with Crippen molar-refractivity contribution in [3.05, 3.63) is 47.5 Å². The zero-order valence-electron chi connectivity index (χ0n) is 19.1. The molecule has 7 heteroatoms. The predicted molar refractivity (Wildman–Crippen MR) is 123 cm³/mol. The van der Waals surface area contributed by atoms with Crippen LogP contribution in [0.1, 0.15) is 25.0 Å². The van der Waals surface area contributed by atoms with Crippen LogP contribution in [0.2, 0.25) is 0 Å². The Morgan fingerprint density at radius 3 is 2.42 bits per heavy atom. The van der Waals surface area contributed by atoms with E-state index in [2.05, 4.69) is 41.6 Å². The van der Waals surface area contributed by atoms with E-state index >= 15 is 0 Å². The quantitative estimate of drug-likeness (QED) is 0.498. The number of benzene rings is 2. The molecule has 0 saturated carbocycles. The van der Waals surface area contributed by atoms with Crippen molar-refractivity contribution in [3.8, 4) is 23.0 Å². The van der Waals surface area contributed by atoms with Crippen molar-refractivity contribution in [2.24, 2.45) is 4.99 Å². The Morgan fingerprint density at radius 1 is 0.968 bits per heavy atom. The van der Waals surface area contributed by atoms with Gasteiger partial charge >= 0.3 is 0 Å². The van der Waals surface area contributed by atoms with Gasteiger partial charge in [0.15, 0.2) is 29.0 Å². The molecular formula is C24H33N3O4. The van der Waals surface area contributed by atoms with Crippen molar-refractivity contribution < 1.29 is 18.9 Å². The van der Waals surface area contributed by atoms with Crippen molar-refractivity contribution in [1.82, 2.24) is 10.6 Å². The molecule has 1 aliphatic heterocycles. The number of rotatable bonds is 8. The van der Waals surface area contributed by atoms with Crippen LogP contribution in [0.25, 0.3) is 0 Å². The monoisotopic (exact) mass is 427 g/mol. The number of nitrogens with zero attached hydrogens (tertiary/aromatic N) is 1. The van der Waals surface area contributed by atoms with Gasteiger partial charge in [-0.25, -0.2) is 0 Å². The van der Waals surface area contributed by atoms with Gasteiger partial charge in [-0.15, -0.1) is 0 Å². The maximum atomic E-state index is 5.73. The Balaban J connectivity index is 1.53. The van der Waals surface area contributed by atoms with Crippen molar-refractivity contribution in [2.75, 3.05) is 47.6 Å². The molecule has 7 nitrogen and oxygen atoms in total. The van der Waals surface area contributed by atoms with Crippen LogP contribution in [0.3, 0.4) is 0 Å². The van der Waals surface area contributed by atoms with Gasteiger partial charge in [-0.1, -0.05) is 26.0 Å². The molecule has 0 aromatic heterocycles. The van der Waals surface area contributed by atoms with Crippen LogP contribution < -0.4 is 29.6 Å². The highest BCUT2D eigenvalue weighted by Gasteiger charge is 2.23. The molecule has 0 spiro atoms. The molecule has 1 heterocycles. The molecule has 0 fully saturated rings. The van der Waals surface area contributed by atoms with Gasteiger partial charge in [-0.05, 0) is 41.8 Å². The third-order valence-corrected chi connectivity index (χ3v) is 5.40. The Labute approximate surface area is 184 Å². The van der Waals surface area contributed by atoms with E-state index in [4.69, 9.17) is 18.9 Å². The largest absolute Gasteiger partial charge is 0.493 e. The number of ether oxygens (including phenoxy) is 4. The van der Waals surface area contributed by atoms with Gasteiger partial charge in [0.05, 0.1) is 14.2 Å². The molecule has 0 radical (unpaired) electrons. The highest BCUT2D eigenvalue weighted by atomic mass is 16.6. The first-order valence-corrected chi connectivity index (χ1v) is 10.5. The summed E-state index contributed by atoms with van der Waals surface area (Å²) in [4.78, 5) is 4.35. The van der Waals surface area contributed by atoms with Crippen LogP contribution in [-0.2, 0) is 11.8 Å². The van der Waals surface area contributed by atoms with Crippen LogP contribution in [0.5, 0.6) is 23.0 Å². The minimum Gasteiger partial charge on any atom is -0.493 e. The van der Waals surface area contributed by atoms with Crippen LogP contribution >= 0.6 is 0 Å². The topological polar surface area (TPSA) is 73.3 Å². The van der Waals surface area contributed by atoms with Crippen molar-refractivity contribution in [2.45, 2.75) is 25.7 Å². The fourth-order valence-corrected chi connectivity index (χ4v) is 3.45. The summed E-state index contributed by atoms with van der Waals surface area (Å²) in [5.74, 6) is 3.87. The third kappa shape index (κ3) is 5.75. The molecule has 1 aliphatic rings. The lowest BCUT2D eigenvalue weighted by atomic mass is 9.84. The third-order valence-electron chi connectivity index (χ3n) is 5.40. The normalized spacial score (nSPS) is 13.5. The zero-order valence-corrected chi connectivity index (χ0v) is 19.1. The molecule has 2 aromatic carbocycles. The lowest BCUT2D eigenvalue weighted by Crippen LogP contribution is -2.44. The zero-order chi connectivity index (χ0) is 22.3. The van der Waals surface area contributed by atoms with E-state index in [1.165, 1.54) is 5.56 Å². The maximum Gasteiger partial charge on any atom is 0.191 e. The molecule has 2 aromatic rings. The second-order valence-corrected chi connectivity index (χ2v) is 8.03.